The first-order valence-corrected chi connectivity index (χ1v) is 5.41. The minimum absolute atomic E-state index is 0.0544. The summed E-state index contributed by atoms with van der Waals surface area (Å²) in [4.78, 5) is 10.9. The predicted molar refractivity (Wildman–Crippen MR) is 63.2 cm³/mol. The lowest BCUT2D eigenvalue weighted by atomic mass is 9.92. The normalized spacial score (nSPS) is 14.5. The van der Waals surface area contributed by atoms with Gasteiger partial charge < -0.3 is 9.84 Å². The van der Waals surface area contributed by atoms with Crippen molar-refractivity contribution in [3.8, 4) is 5.75 Å². The van der Waals surface area contributed by atoms with Crippen molar-refractivity contribution in [1.29, 1.82) is 0 Å². The van der Waals surface area contributed by atoms with Crippen LogP contribution in [0, 0.1) is 0 Å². The number of carboxylic acids is 1. The molecule has 0 aromatic heterocycles. The van der Waals surface area contributed by atoms with Crippen molar-refractivity contribution >= 4 is 5.97 Å². The molecule has 4 heteroatoms. The number of rotatable bonds is 4. The van der Waals surface area contributed by atoms with E-state index in [2.05, 4.69) is 0 Å². The molecule has 1 atom stereocenters. The van der Waals surface area contributed by atoms with Crippen molar-refractivity contribution in [3.05, 3.63) is 29.3 Å². The molecule has 1 unspecified atom stereocenters. The lowest BCUT2D eigenvalue weighted by Gasteiger charge is -2.20. The highest BCUT2D eigenvalue weighted by Gasteiger charge is 2.38. The van der Waals surface area contributed by atoms with Crippen LogP contribution in [0.3, 0.4) is 0 Å². The average molecular weight is 240 g/mol. The number of alkyl halides is 1. The molecule has 1 aromatic rings. The zero-order valence-electron chi connectivity index (χ0n) is 10.5. The number of ether oxygens (including phenoxy) is 1. The Kier molecular flexibility index (Phi) is 3.76. The van der Waals surface area contributed by atoms with E-state index in [-0.39, 0.29) is 17.2 Å². The number of methoxy groups -OCH3 is 1. The molecule has 0 bridgehead atoms. The highest BCUT2D eigenvalue weighted by molar-refractivity contribution is 5.80. The van der Waals surface area contributed by atoms with Crippen LogP contribution in [-0.4, -0.2) is 18.2 Å². The van der Waals surface area contributed by atoms with E-state index >= 15 is 0 Å². The second-order valence-electron chi connectivity index (χ2n) is 4.42. The van der Waals surface area contributed by atoms with Crippen LogP contribution in [0.4, 0.5) is 4.39 Å². The maximum atomic E-state index is 14.2. The Morgan fingerprint density at radius 3 is 2.47 bits per heavy atom. The second-order valence-corrected chi connectivity index (χ2v) is 4.42. The fourth-order valence-corrected chi connectivity index (χ4v) is 1.57. The largest absolute Gasteiger partial charge is 0.496 e. The fourth-order valence-electron chi connectivity index (χ4n) is 1.57. The minimum Gasteiger partial charge on any atom is -0.496 e. The molecule has 0 spiro atoms. The van der Waals surface area contributed by atoms with Crippen molar-refractivity contribution in [2.24, 2.45) is 0 Å². The quantitative estimate of drug-likeness (QED) is 0.879. The van der Waals surface area contributed by atoms with E-state index in [1.807, 2.05) is 19.9 Å². The van der Waals surface area contributed by atoms with Gasteiger partial charge in [0.1, 0.15) is 5.75 Å². The molecule has 0 aliphatic carbocycles. The first-order chi connectivity index (χ1) is 7.80. The van der Waals surface area contributed by atoms with E-state index in [4.69, 9.17) is 9.84 Å². The van der Waals surface area contributed by atoms with Crippen molar-refractivity contribution in [2.45, 2.75) is 32.4 Å². The molecular formula is C13H17FO3. The topological polar surface area (TPSA) is 46.5 Å². The van der Waals surface area contributed by atoms with Gasteiger partial charge in [-0.1, -0.05) is 19.9 Å². The third kappa shape index (κ3) is 2.57. The van der Waals surface area contributed by atoms with Gasteiger partial charge in [-0.25, -0.2) is 9.18 Å². The lowest BCUT2D eigenvalue weighted by Crippen LogP contribution is -2.27. The zero-order chi connectivity index (χ0) is 13.2. The lowest BCUT2D eigenvalue weighted by molar-refractivity contribution is -0.150. The van der Waals surface area contributed by atoms with Crippen molar-refractivity contribution in [2.75, 3.05) is 7.11 Å². The van der Waals surface area contributed by atoms with E-state index in [0.717, 1.165) is 12.5 Å². The van der Waals surface area contributed by atoms with Crippen LogP contribution in [0.15, 0.2) is 18.2 Å². The molecular weight excluding hydrogens is 223 g/mol. The van der Waals surface area contributed by atoms with Gasteiger partial charge in [-0.15, -0.1) is 0 Å². The molecule has 0 radical (unpaired) electrons. The fraction of sp³-hybridized carbons (Fsp3) is 0.462. The van der Waals surface area contributed by atoms with Gasteiger partial charge in [0.05, 0.1) is 7.11 Å². The molecule has 3 nitrogen and oxygen atoms in total. The number of aliphatic carboxylic acids is 1. The third-order valence-electron chi connectivity index (χ3n) is 2.80. The first kappa shape index (κ1) is 13.5. The number of benzene rings is 1. The summed E-state index contributed by atoms with van der Waals surface area (Å²) in [5, 5.41) is 8.91. The zero-order valence-corrected chi connectivity index (χ0v) is 10.5. The molecule has 1 aromatic carbocycles. The molecule has 1 N–H and O–H groups in total. The summed E-state index contributed by atoms with van der Waals surface area (Å²) in [7, 11) is 1.39. The van der Waals surface area contributed by atoms with Gasteiger partial charge in [0.2, 0.25) is 5.67 Å². The third-order valence-corrected chi connectivity index (χ3v) is 2.80. The second kappa shape index (κ2) is 4.73. The summed E-state index contributed by atoms with van der Waals surface area (Å²) in [6.45, 7) is 4.95. The standard InChI is InChI=1S/C13H17FO3/c1-8(2)9-5-6-11(17-4)10(7-9)13(3,14)12(15)16/h5-8H,1-4H3,(H,15,16). The highest BCUT2D eigenvalue weighted by Crippen LogP contribution is 2.35. The summed E-state index contributed by atoms with van der Waals surface area (Å²) >= 11 is 0. The maximum absolute atomic E-state index is 14.2. The van der Waals surface area contributed by atoms with Crippen molar-refractivity contribution < 1.29 is 19.0 Å². The molecule has 0 saturated heterocycles. The molecule has 0 heterocycles. The van der Waals surface area contributed by atoms with Crippen LogP contribution in [0.5, 0.6) is 5.75 Å². The molecule has 0 fully saturated rings. The van der Waals surface area contributed by atoms with E-state index in [0.29, 0.717) is 0 Å². The van der Waals surface area contributed by atoms with Crippen LogP contribution in [0.1, 0.15) is 37.8 Å². The number of hydrogen-bond acceptors (Lipinski definition) is 2. The summed E-state index contributed by atoms with van der Waals surface area (Å²) < 4.78 is 19.2. The van der Waals surface area contributed by atoms with Gasteiger partial charge in [0.25, 0.3) is 0 Å². The van der Waals surface area contributed by atoms with E-state index < -0.39 is 11.6 Å². The number of carbonyl (C=O) groups is 1. The summed E-state index contributed by atoms with van der Waals surface area (Å²) in [5.74, 6) is -1.07. The first-order valence-electron chi connectivity index (χ1n) is 5.41. The Morgan fingerprint density at radius 2 is 2.06 bits per heavy atom. The van der Waals surface area contributed by atoms with Crippen LogP contribution < -0.4 is 4.74 Å². The number of carboxylic acid groups (broad SMARTS) is 1. The summed E-state index contributed by atoms with van der Waals surface area (Å²) in [6.07, 6.45) is 0. The van der Waals surface area contributed by atoms with Gasteiger partial charge in [0.15, 0.2) is 0 Å². The molecule has 0 aliphatic rings. The van der Waals surface area contributed by atoms with Crippen molar-refractivity contribution in [3.63, 3.8) is 0 Å². The highest BCUT2D eigenvalue weighted by atomic mass is 19.1. The number of hydrogen-bond donors (Lipinski definition) is 1. The molecule has 0 aliphatic heterocycles. The Bertz CT molecular complexity index is 425. The Morgan fingerprint density at radius 1 is 1.47 bits per heavy atom. The van der Waals surface area contributed by atoms with Crippen LogP contribution in [0.2, 0.25) is 0 Å². The van der Waals surface area contributed by atoms with Gasteiger partial charge in [0, 0.05) is 5.56 Å². The number of halogens is 1. The molecule has 0 amide bonds. The average Bonchev–Trinajstić information content (AvgIpc) is 2.27. The monoisotopic (exact) mass is 240 g/mol. The smallest absolute Gasteiger partial charge is 0.346 e. The van der Waals surface area contributed by atoms with Crippen molar-refractivity contribution in [1.82, 2.24) is 0 Å². The van der Waals surface area contributed by atoms with Gasteiger partial charge in [-0.2, -0.15) is 0 Å². The predicted octanol–water partition coefficient (Wildman–Crippen LogP) is 3.09. The minimum atomic E-state index is -2.45. The molecule has 17 heavy (non-hydrogen) atoms. The Balaban J connectivity index is 3.38. The molecule has 0 saturated carbocycles. The van der Waals surface area contributed by atoms with E-state index in [1.165, 1.54) is 7.11 Å². The molecule has 94 valence electrons. The van der Waals surface area contributed by atoms with Crippen LogP contribution >= 0.6 is 0 Å². The van der Waals surface area contributed by atoms with E-state index in [1.54, 1.807) is 12.1 Å². The van der Waals surface area contributed by atoms with E-state index in [9.17, 15) is 9.18 Å². The maximum Gasteiger partial charge on any atom is 0.346 e. The van der Waals surface area contributed by atoms with Gasteiger partial charge in [-0.05, 0) is 30.5 Å². The summed E-state index contributed by atoms with van der Waals surface area (Å²) in [5.41, 5.74) is -1.51. The van der Waals surface area contributed by atoms with Crippen LogP contribution in [-0.2, 0) is 10.5 Å². The molecule has 1 rings (SSSR count). The SMILES string of the molecule is COc1ccc(C(C)C)cc1C(C)(F)C(=O)O. The Hall–Kier alpha value is -1.58. The summed E-state index contributed by atoms with van der Waals surface area (Å²) in [6, 6.07) is 4.97. The van der Waals surface area contributed by atoms with Gasteiger partial charge >= 0.3 is 5.97 Å². The van der Waals surface area contributed by atoms with Gasteiger partial charge in [-0.3, -0.25) is 0 Å². The Labute approximate surface area is 100 Å². The van der Waals surface area contributed by atoms with Crippen LogP contribution in [0.25, 0.3) is 0 Å².